The third-order valence-corrected chi connectivity index (χ3v) is 7.95. The van der Waals surface area contributed by atoms with Crippen molar-refractivity contribution in [1.29, 1.82) is 0 Å². The van der Waals surface area contributed by atoms with Crippen LogP contribution in [0.3, 0.4) is 0 Å². The van der Waals surface area contributed by atoms with Crippen LogP contribution in [0.5, 0.6) is 5.88 Å². The van der Waals surface area contributed by atoms with Crippen molar-refractivity contribution in [2.24, 2.45) is 23.2 Å². The molecule has 1 aromatic rings. The van der Waals surface area contributed by atoms with Gasteiger partial charge >= 0.3 is 0 Å². The van der Waals surface area contributed by atoms with Crippen molar-refractivity contribution in [2.75, 3.05) is 13.2 Å². The number of carbonyl (C=O) groups excluding carboxylic acids is 2. The zero-order valence-corrected chi connectivity index (χ0v) is 21.4. The van der Waals surface area contributed by atoms with E-state index in [9.17, 15) is 14.7 Å². The Kier molecular flexibility index (Phi) is 6.75. The number of carbonyl (C=O) groups is 2. The van der Waals surface area contributed by atoms with E-state index in [0.717, 1.165) is 32.1 Å². The summed E-state index contributed by atoms with van der Waals surface area (Å²) in [7, 11) is 0. The monoisotopic (exact) mass is 474 g/mol. The molecule has 8 heteroatoms. The van der Waals surface area contributed by atoms with Gasteiger partial charge in [0, 0.05) is 31.2 Å². The predicted octanol–water partition coefficient (Wildman–Crippen LogP) is 3.28. The Balaban J connectivity index is 1.52. The molecule has 2 amide bonds. The first-order chi connectivity index (χ1) is 15.9. The molecule has 0 saturated heterocycles. The number of aryl methyl sites for hydroxylation is 1. The molecule has 4 saturated carbocycles. The van der Waals surface area contributed by atoms with Gasteiger partial charge in [-0.25, -0.2) is 4.68 Å². The van der Waals surface area contributed by atoms with E-state index in [0.29, 0.717) is 48.8 Å². The fraction of sp³-hybridized carbons (Fsp3) is 0.808. The number of aliphatic hydroxyl groups is 1. The van der Waals surface area contributed by atoms with Gasteiger partial charge in [0.2, 0.25) is 11.8 Å². The minimum Gasteiger partial charge on any atom is -0.477 e. The predicted molar refractivity (Wildman–Crippen MR) is 129 cm³/mol. The van der Waals surface area contributed by atoms with E-state index < -0.39 is 5.54 Å². The first-order valence-corrected chi connectivity index (χ1v) is 12.8. The minimum absolute atomic E-state index is 0.0339. The van der Waals surface area contributed by atoms with Crippen LogP contribution in [0.25, 0.3) is 0 Å². The molecule has 1 heterocycles. The van der Waals surface area contributed by atoms with E-state index in [1.54, 1.807) is 10.9 Å². The molecule has 5 rings (SSSR count). The van der Waals surface area contributed by atoms with Crippen molar-refractivity contribution < 1.29 is 19.4 Å². The molecule has 4 aliphatic carbocycles. The zero-order valence-electron chi connectivity index (χ0n) is 21.4. The number of ether oxygens (including phenoxy) is 1. The van der Waals surface area contributed by atoms with E-state index in [4.69, 9.17) is 4.74 Å². The Labute approximate surface area is 203 Å². The highest BCUT2D eigenvalue weighted by atomic mass is 16.5. The van der Waals surface area contributed by atoms with Crippen LogP contribution >= 0.6 is 0 Å². The maximum Gasteiger partial charge on any atom is 0.258 e. The minimum atomic E-state index is -0.396. The molecule has 34 heavy (non-hydrogen) atoms. The van der Waals surface area contributed by atoms with E-state index in [2.05, 4.69) is 29.6 Å². The third-order valence-electron chi connectivity index (χ3n) is 7.95. The largest absolute Gasteiger partial charge is 0.477 e. The topological polar surface area (TPSA) is 105 Å². The average molecular weight is 475 g/mol. The molecule has 0 aliphatic heterocycles. The van der Waals surface area contributed by atoms with Gasteiger partial charge in [0.1, 0.15) is 5.56 Å². The average Bonchev–Trinajstić information content (AvgIpc) is 3.11. The van der Waals surface area contributed by atoms with E-state index >= 15 is 0 Å². The second-order valence-corrected chi connectivity index (χ2v) is 12.5. The smallest absolute Gasteiger partial charge is 0.258 e. The summed E-state index contributed by atoms with van der Waals surface area (Å²) in [6.45, 7) is 10.8. The first kappa shape index (κ1) is 25.0. The molecular formula is C26H42N4O4. The molecule has 4 bridgehead atoms. The van der Waals surface area contributed by atoms with Crippen LogP contribution in [-0.2, 0) is 11.3 Å². The lowest BCUT2D eigenvalue weighted by Gasteiger charge is -2.61. The molecule has 0 spiro atoms. The summed E-state index contributed by atoms with van der Waals surface area (Å²) in [5, 5.41) is 21.0. The third kappa shape index (κ3) is 5.26. The second-order valence-electron chi connectivity index (χ2n) is 12.5. The number of amides is 2. The number of aromatic nitrogens is 2. The van der Waals surface area contributed by atoms with Crippen LogP contribution in [0.1, 0.15) is 89.9 Å². The van der Waals surface area contributed by atoms with Crippen molar-refractivity contribution in [3.8, 4) is 5.88 Å². The number of hydrogen-bond acceptors (Lipinski definition) is 5. The van der Waals surface area contributed by atoms with Gasteiger partial charge < -0.3 is 20.5 Å². The lowest BCUT2D eigenvalue weighted by atomic mass is 9.47. The van der Waals surface area contributed by atoms with Gasteiger partial charge in [-0.2, -0.15) is 5.10 Å². The van der Waals surface area contributed by atoms with Crippen molar-refractivity contribution in [3.05, 3.63) is 11.8 Å². The van der Waals surface area contributed by atoms with Gasteiger partial charge in [-0.15, -0.1) is 0 Å². The highest BCUT2D eigenvalue weighted by Gasteiger charge is 2.58. The number of aliphatic hydroxyl groups excluding tert-OH is 1. The van der Waals surface area contributed by atoms with Crippen LogP contribution < -0.4 is 15.4 Å². The summed E-state index contributed by atoms with van der Waals surface area (Å²) in [6, 6.07) is 0. The Morgan fingerprint density at radius 1 is 1.26 bits per heavy atom. The van der Waals surface area contributed by atoms with Crippen molar-refractivity contribution >= 4 is 11.8 Å². The van der Waals surface area contributed by atoms with Gasteiger partial charge in [0.15, 0.2) is 0 Å². The molecule has 1 aromatic heterocycles. The van der Waals surface area contributed by atoms with Gasteiger partial charge in [0.05, 0.1) is 12.8 Å². The molecule has 3 N–H and O–H groups in total. The summed E-state index contributed by atoms with van der Waals surface area (Å²) in [4.78, 5) is 25.1. The molecule has 4 fully saturated rings. The molecule has 2 unspecified atom stereocenters. The van der Waals surface area contributed by atoms with Gasteiger partial charge in [-0.05, 0) is 82.0 Å². The first-order valence-electron chi connectivity index (χ1n) is 12.8. The lowest BCUT2D eigenvalue weighted by molar-refractivity contribution is -0.120. The normalized spacial score (nSPS) is 30.0. The van der Waals surface area contributed by atoms with Crippen LogP contribution in [-0.4, -0.2) is 51.0 Å². The zero-order chi connectivity index (χ0) is 24.7. The highest BCUT2D eigenvalue weighted by molar-refractivity contribution is 5.96. The summed E-state index contributed by atoms with van der Waals surface area (Å²) < 4.78 is 7.86. The summed E-state index contributed by atoms with van der Waals surface area (Å²) in [6.07, 6.45) is 8.51. The standard InChI is InChI=1S/C26H42N4O4/c1-17(2)14-34-23-21(13-27-30(23)7-6-24(4,5)28-18(3)32)22(33)29-26-11-19-8-20(12-26)10-25(9-19,15-26)16-31/h13,17,19-20,31H,6-12,14-16H2,1-5H3,(H,28,32)(H,29,33). The number of nitrogens with zero attached hydrogens (tertiary/aromatic N) is 2. The van der Waals surface area contributed by atoms with Crippen molar-refractivity contribution in [1.82, 2.24) is 20.4 Å². The maximum atomic E-state index is 13.6. The SMILES string of the molecule is CC(=O)NC(C)(C)CCn1ncc(C(=O)NC23CC4CC(CC(CO)(C4)C2)C3)c1OCC(C)C. The molecule has 8 nitrogen and oxygen atoms in total. The molecule has 2 atom stereocenters. The summed E-state index contributed by atoms with van der Waals surface area (Å²) >= 11 is 0. The van der Waals surface area contributed by atoms with Gasteiger partial charge in [-0.1, -0.05) is 13.8 Å². The molecule has 190 valence electrons. The molecule has 0 aromatic carbocycles. The Morgan fingerprint density at radius 2 is 1.94 bits per heavy atom. The molecule has 4 aliphatic rings. The van der Waals surface area contributed by atoms with Crippen molar-refractivity contribution in [2.45, 2.75) is 97.2 Å². The number of nitrogens with one attached hydrogen (secondary N) is 2. The van der Waals surface area contributed by atoms with Crippen LogP contribution in [0, 0.1) is 23.2 Å². The van der Waals surface area contributed by atoms with E-state index in [1.165, 1.54) is 13.3 Å². The fourth-order valence-corrected chi connectivity index (χ4v) is 7.10. The number of hydrogen-bond donors (Lipinski definition) is 3. The lowest BCUT2D eigenvalue weighted by Crippen LogP contribution is -2.63. The Morgan fingerprint density at radius 3 is 2.53 bits per heavy atom. The molecular weight excluding hydrogens is 432 g/mol. The molecule has 0 radical (unpaired) electrons. The number of rotatable bonds is 10. The van der Waals surface area contributed by atoms with Crippen LogP contribution in [0.15, 0.2) is 6.20 Å². The summed E-state index contributed by atoms with van der Waals surface area (Å²) in [5.74, 6) is 1.77. The fourth-order valence-electron chi connectivity index (χ4n) is 7.10. The van der Waals surface area contributed by atoms with Gasteiger partial charge in [0.25, 0.3) is 5.91 Å². The van der Waals surface area contributed by atoms with E-state index in [-0.39, 0.29) is 29.4 Å². The highest BCUT2D eigenvalue weighted by Crippen LogP contribution is 2.61. The van der Waals surface area contributed by atoms with Crippen molar-refractivity contribution in [3.63, 3.8) is 0 Å². The van der Waals surface area contributed by atoms with Gasteiger partial charge in [-0.3, -0.25) is 9.59 Å². The maximum absolute atomic E-state index is 13.6. The second kappa shape index (κ2) is 9.17. The Hall–Kier alpha value is -2.09. The van der Waals surface area contributed by atoms with Crippen LogP contribution in [0.2, 0.25) is 0 Å². The quantitative estimate of drug-likeness (QED) is 0.483. The van der Waals surface area contributed by atoms with Crippen LogP contribution in [0.4, 0.5) is 0 Å². The Bertz CT molecular complexity index is 908. The summed E-state index contributed by atoms with van der Waals surface area (Å²) in [5.41, 5.74) is -0.206. The van der Waals surface area contributed by atoms with E-state index in [1.807, 2.05) is 13.8 Å².